The normalized spacial score (nSPS) is 12.3. The zero-order chi connectivity index (χ0) is 14.4. The Morgan fingerprint density at radius 1 is 1.25 bits per heavy atom. The zero-order valence-corrected chi connectivity index (χ0v) is 13.8. The lowest BCUT2D eigenvalue weighted by molar-refractivity contribution is 0.518. The monoisotopic (exact) mass is 352 g/mol. The fourth-order valence-corrected chi connectivity index (χ4v) is 2.61. The first-order chi connectivity index (χ1) is 9.70. The molecule has 20 heavy (non-hydrogen) atoms. The van der Waals surface area contributed by atoms with Crippen LogP contribution in [0.1, 0.15) is 30.6 Å². The molecule has 0 aliphatic heterocycles. The summed E-state index contributed by atoms with van der Waals surface area (Å²) in [5.41, 5.74) is 2.19. The Hall–Kier alpha value is -0.900. The molecule has 1 aromatic heterocycles. The van der Waals surface area contributed by atoms with Crippen molar-refractivity contribution >= 4 is 27.5 Å². The largest absolute Gasteiger partial charge is 0.308 e. The van der Waals surface area contributed by atoms with Gasteiger partial charge in [0.15, 0.2) is 0 Å². The van der Waals surface area contributed by atoms with Crippen molar-refractivity contribution in [3.05, 3.63) is 63.3 Å². The second-order valence-electron chi connectivity index (χ2n) is 4.71. The first kappa shape index (κ1) is 15.5. The molecule has 2 rings (SSSR count). The Morgan fingerprint density at radius 2 is 2.00 bits per heavy atom. The van der Waals surface area contributed by atoms with E-state index in [1.807, 2.05) is 12.1 Å². The minimum absolute atomic E-state index is 0.143. The van der Waals surface area contributed by atoms with Crippen LogP contribution in [-0.2, 0) is 6.42 Å². The van der Waals surface area contributed by atoms with E-state index in [2.05, 4.69) is 57.4 Å². The van der Waals surface area contributed by atoms with E-state index in [0.29, 0.717) is 0 Å². The van der Waals surface area contributed by atoms with Gasteiger partial charge in [-0.15, -0.1) is 0 Å². The fraction of sp³-hybridized carbons (Fsp3) is 0.312. The molecule has 1 N–H and O–H groups in total. The van der Waals surface area contributed by atoms with Crippen LogP contribution in [0, 0.1) is 0 Å². The molecule has 1 atom stereocenters. The van der Waals surface area contributed by atoms with Gasteiger partial charge in [0.05, 0.1) is 16.8 Å². The summed E-state index contributed by atoms with van der Waals surface area (Å²) >= 11 is 9.74. The molecule has 1 unspecified atom stereocenters. The molecule has 0 aliphatic carbocycles. The average molecular weight is 354 g/mol. The number of hydrogen-bond donors (Lipinski definition) is 1. The van der Waals surface area contributed by atoms with Gasteiger partial charge in [-0.3, -0.25) is 4.98 Å². The summed E-state index contributed by atoms with van der Waals surface area (Å²) in [6.07, 6.45) is 3.76. The van der Waals surface area contributed by atoms with Gasteiger partial charge in [0.2, 0.25) is 0 Å². The van der Waals surface area contributed by atoms with Crippen LogP contribution in [0.5, 0.6) is 0 Å². The number of benzene rings is 1. The minimum Gasteiger partial charge on any atom is -0.308 e. The molecule has 2 nitrogen and oxygen atoms in total. The Labute approximate surface area is 133 Å². The number of nitrogens with one attached hydrogen (secondary N) is 1. The molecule has 1 aromatic carbocycles. The van der Waals surface area contributed by atoms with Crippen molar-refractivity contribution < 1.29 is 0 Å². The van der Waals surface area contributed by atoms with Gasteiger partial charge in [-0.1, -0.05) is 46.6 Å². The van der Waals surface area contributed by atoms with Crippen molar-refractivity contribution in [2.75, 3.05) is 6.54 Å². The highest BCUT2D eigenvalue weighted by atomic mass is 79.9. The molecule has 0 bridgehead atoms. The van der Waals surface area contributed by atoms with Crippen LogP contribution in [0.15, 0.2) is 47.1 Å². The fourth-order valence-electron chi connectivity index (χ4n) is 2.09. The number of halogens is 2. The van der Waals surface area contributed by atoms with Crippen molar-refractivity contribution in [2.45, 2.75) is 25.8 Å². The Balaban J connectivity index is 2.19. The van der Waals surface area contributed by atoms with E-state index in [9.17, 15) is 0 Å². The highest BCUT2D eigenvalue weighted by Gasteiger charge is 2.15. The van der Waals surface area contributed by atoms with Gasteiger partial charge < -0.3 is 5.32 Å². The molecule has 0 saturated heterocycles. The Morgan fingerprint density at radius 3 is 2.65 bits per heavy atom. The Bertz CT molecular complexity index is 542. The molecule has 0 radical (unpaired) electrons. The molecule has 0 aliphatic rings. The van der Waals surface area contributed by atoms with E-state index >= 15 is 0 Å². The van der Waals surface area contributed by atoms with Crippen molar-refractivity contribution in [1.29, 1.82) is 0 Å². The highest BCUT2D eigenvalue weighted by Crippen LogP contribution is 2.24. The molecular weight excluding hydrogens is 336 g/mol. The van der Waals surface area contributed by atoms with Gasteiger partial charge in [-0.25, -0.2) is 0 Å². The van der Waals surface area contributed by atoms with E-state index in [1.165, 1.54) is 5.56 Å². The summed E-state index contributed by atoms with van der Waals surface area (Å²) in [5, 5.41) is 4.25. The highest BCUT2D eigenvalue weighted by molar-refractivity contribution is 9.10. The zero-order valence-electron chi connectivity index (χ0n) is 11.4. The van der Waals surface area contributed by atoms with Crippen LogP contribution in [0.25, 0.3) is 0 Å². The van der Waals surface area contributed by atoms with Crippen molar-refractivity contribution in [3.8, 4) is 0 Å². The van der Waals surface area contributed by atoms with Gasteiger partial charge in [0.1, 0.15) is 0 Å². The first-order valence-corrected chi connectivity index (χ1v) is 7.96. The maximum absolute atomic E-state index is 6.28. The summed E-state index contributed by atoms with van der Waals surface area (Å²) in [6, 6.07) is 12.3. The molecule has 0 fully saturated rings. The lowest BCUT2D eigenvalue weighted by Gasteiger charge is -2.19. The smallest absolute Gasteiger partial charge is 0.0762 e. The SMILES string of the molecule is CCCNC(Cc1ccc(Br)cc1)c1ncccc1Cl. The molecule has 0 saturated carbocycles. The molecule has 2 aromatic rings. The average Bonchev–Trinajstić information content (AvgIpc) is 2.46. The van der Waals surface area contributed by atoms with Crippen molar-refractivity contribution in [2.24, 2.45) is 0 Å². The quantitative estimate of drug-likeness (QED) is 0.808. The van der Waals surface area contributed by atoms with E-state index in [1.54, 1.807) is 6.20 Å². The van der Waals surface area contributed by atoms with Crippen LogP contribution in [0.4, 0.5) is 0 Å². The second-order valence-corrected chi connectivity index (χ2v) is 6.03. The van der Waals surface area contributed by atoms with Crippen LogP contribution < -0.4 is 5.32 Å². The Kier molecular flexibility index (Phi) is 6.02. The third kappa shape index (κ3) is 4.30. The maximum Gasteiger partial charge on any atom is 0.0762 e. The van der Waals surface area contributed by atoms with Gasteiger partial charge in [-0.05, 0) is 49.2 Å². The van der Waals surface area contributed by atoms with Crippen LogP contribution in [-0.4, -0.2) is 11.5 Å². The predicted octanol–water partition coefficient (Wildman–Crippen LogP) is 4.78. The van der Waals surface area contributed by atoms with E-state index in [-0.39, 0.29) is 6.04 Å². The van der Waals surface area contributed by atoms with Gasteiger partial charge in [0.25, 0.3) is 0 Å². The van der Waals surface area contributed by atoms with Gasteiger partial charge in [-0.2, -0.15) is 0 Å². The van der Waals surface area contributed by atoms with E-state index in [4.69, 9.17) is 11.6 Å². The molecule has 0 spiro atoms. The van der Waals surface area contributed by atoms with Crippen LogP contribution in [0.3, 0.4) is 0 Å². The lowest BCUT2D eigenvalue weighted by Crippen LogP contribution is -2.25. The second kappa shape index (κ2) is 7.77. The summed E-state index contributed by atoms with van der Waals surface area (Å²) in [6.45, 7) is 3.11. The molecular formula is C16H18BrClN2. The van der Waals surface area contributed by atoms with Crippen molar-refractivity contribution in [1.82, 2.24) is 10.3 Å². The standard InChI is InChI=1S/C16H18BrClN2/c1-2-9-19-15(16-14(18)4-3-10-20-16)11-12-5-7-13(17)8-6-12/h3-8,10,15,19H,2,9,11H2,1H3. The summed E-state index contributed by atoms with van der Waals surface area (Å²) in [7, 11) is 0. The van der Waals surface area contributed by atoms with Crippen LogP contribution >= 0.6 is 27.5 Å². The molecule has 106 valence electrons. The number of nitrogens with zero attached hydrogens (tertiary/aromatic N) is 1. The summed E-state index contributed by atoms with van der Waals surface area (Å²) in [5.74, 6) is 0. The number of rotatable bonds is 6. The molecule has 0 amide bonds. The maximum atomic E-state index is 6.28. The third-order valence-electron chi connectivity index (χ3n) is 3.11. The summed E-state index contributed by atoms with van der Waals surface area (Å²) in [4.78, 5) is 4.44. The minimum atomic E-state index is 0.143. The van der Waals surface area contributed by atoms with Crippen LogP contribution in [0.2, 0.25) is 5.02 Å². The third-order valence-corrected chi connectivity index (χ3v) is 3.96. The molecule has 1 heterocycles. The first-order valence-electron chi connectivity index (χ1n) is 6.79. The number of pyridine rings is 1. The topological polar surface area (TPSA) is 24.9 Å². The number of aromatic nitrogens is 1. The lowest BCUT2D eigenvalue weighted by atomic mass is 10.0. The van der Waals surface area contributed by atoms with E-state index < -0.39 is 0 Å². The van der Waals surface area contributed by atoms with Gasteiger partial charge >= 0.3 is 0 Å². The van der Waals surface area contributed by atoms with Gasteiger partial charge in [0, 0.05) is 10.7 Å². The number of hydrogen-bond acceptors (Lipinski definition) is 2. The van der Waals surface area contributed by atoms with Crippen molar-refractivity contribution in [3.63, 3.8) is 0 Å². The molecule has 4 heteroatoms. The predicted molar refractivity (Wildman–Crippen MR) is 88.1 cm³/mol. The van der Waals surface area contributed by atoms with E-state index in [0.717, 1.165) is 34.6 Å². The summed E-state index contributed by atoms with van der Waals surface area (Å²) < 4.78 is 1.09.